The molecule has 1 atom stereocenters. The molecule has 7 nitrogen and oxygen atoms in total. The highest BCUT2D eigenvalue weighted by Crippen LogP contribution is 2.54. The van der Waals surface area contributed by atoms with Gasteiger partial charge in [0.25, 0.3) is 0 Å². The highest BCUT2D eigenvalue weighted by Gasteiger charge is 2.53. The predicted molar refractivity (Wildman–Crippen MR) is 105 cm³/mol. The Hall–Kier alpha value is -2.32. The highest BCUT2D eigenvalue weighted by atomic mass is 32.2. The first kappa shape index (κ1) is 17.8. The van der Waals surface area contributed by atoms with E-state index >= 15 is 0 Å². The van der Waals surface area contributed by atoms with Gasteiger partial charge in [-0.1, -0.05) is 31.0 Å². The Kier molecular flexibility index (Phi) is 4.03. The third kappa shape index (κ3) is 2.58. The predicted octanol–water partition coefficient (Wildman–Crippen LogP) is 2.71. The van der Waals surface area contributed by atoms with E-state index in [9.17, 15) is 8.42 Å². The molecule has 8 heteroatoms. The molecule has 1 aliphatic carbocycles. The monoisotopic (exact) mass is 397 g/mol. The summed E-state index contributed by atoms with van der Waals surface area (Å²) in [5.74, 6) is 0.954. The zero-order chi connectivity index (χ0) is 19.4. The molecule has 0 bridgehead atoms. The SMILES string of the molecule is Cn1cnnc1C1CN(S(=O)(=O)c2cccc3cccnc23)CC12CCCC2. The van der Waals surface area contributed by atoms with Crippen LogP contribution in [0.2, 0.25) is 0 Å². The maximum Gasteiger partial charge on any atom is 0.245 e. The molecule has 1 saturated carbocycles. The quantitative estimate of drug-likeness (QED) is 0.679. The molecule has 2 fully saturated rings. The summed E-state index contributed by atoms with van der Waals surface area (Å²) in [4.78, 5) is 4.65. The third-order valence-corrected chi connectivity index (χ3v) is 8.33. The van der Waals surface area contributed by atoms with E-state index in [4.69, 9.17) is 0 Å². The number of aryl methyl sites for hydroxylation is 1. The first-order chi connectivity index (χ1) is 13.5. The van der Waals surface area contributed by atoms with Gasteiger partial charge in [-0.25, -0.2) is 8.42 Å². The average Bonchev–Trinajstić information content (AvgIpc) is 3.43. The number of rotatable bonds is 3. The summed E-state index contributed by atoms with van der Waals surface area (Å²) >= 11 is 0. The fourth-order valence-corrected chi connectivity index (χ4v) is 6.79. The summed E-state index contributed by atoms with van der Waals surface area (Å²) in [5, 5.41) is 9.21. The molecule has 2 aliphatic rings. The van der Waals surface area contributed by atoms with Gasteiger partial charge >= 0.3 is 0 Å². The Morgan fingerprint density at radius 2 is 1.93 bits per heavy atom. The van der Waals surface area contributed by atoms with Crippen LogP contribution < -0.4 is 0 Å². The van der Waals surface area contributed by atoms with Crippen LogP contribution in [0.25, 0.3) is 10.9 Å². The smallest absolute Gasteiger partial charge is 0.245 e. The molecule has 1 unspecified atom stereocenters. The minimum Gasteiger partial charge on any atom is -0.320 e. The van der Waals surface area contributed by atoms with Gasteiger partial charge in [0.15, 0.2) is 0 Å². The standard InChI is InChI=1S/C20H23N5O2S/c1-24-14-22-23-19(24)16-12-25(13-20(16)9-2-3-10-20)28(26,27)17-8-4-6-15-7-5-11-21-18(15)17/h4-8,11,14,16H,2-3,9-10,12-13H2,1H3. The fraction of sp³-hybridized carbons (Fsp3) is 0.450. The first-order valence-corrected chi connectivity index (χ1v) is 11.1. The van der Waals surface area contributed by atoms with E-state index in [1.54, 1.807) is 29.0 Å². The topological polar surface area (TPSA) is 81.0 Å². The van der Waals surface area contributed by atoms with Crippen LogP contribution in [0.3, 0.4) is 0 Å². The van der Waals surface area contributed by atoms with Gasteiger partial charge in [0.05, 0.1) is 5.52 Å². The van der Waals surface area contributed by atoms with Crippen molar-refractivity contribution in [2.75, 3.05) is 13.1 Å². The molecule has 3 aromatic rings. The Balaban J connectivity index is 1.59. The van der Waals surface area contributed by atoms with Crippen molar-refractivity contribution in [2.45, 2.75) is 36.5 Å². The molecule has 1 saturated heterocycles. The van der Waals surface area contributed by atoms with Crippen LogP contribution in [0.4, 0.5) is 0 Å². The lowest BCUT2D eigenvalue weighted by Gasteiger charge is -2.29. The lowest BCUT2D eigenvalue weighted by atomic mass is 9.76. The summed E-state index contributed by atoms with van der Waals surface area (Å²) in [6.45, 7) is 0.980. The molecule has 146 valence electrons. The Morgan fingerprint density at radius 1 is 1.14 bits per heavy atom. The van der Waals surface area contributed by atoms with Crippen LogP contribution in [0, 0.1) is 5.41 Å². The summed E-state index contributed by atoms with van der Waals surface area (Å²) in [5.41, 5.74) is 0.485. The van der Waals surface area contributed by atoms with E-state index in [2.05, 4.69) is 15.2 Å². The minimum atomic E-state index is -3.65. The molecule has 5 rings (SSSR count). The maximum atomic E-state index is 13.6. The second-order valence-corrected chi connectivity index (χ2v) is 9.96. The number of pyridine rings is 1. The second-order valence-electron chi connectivity index (χ2n) is 8.05. The molecule has 1 spiro atoms. The third-order valence-electron chi connectivity index (χ3n) is 6.49. The van der Waals surface area contributed by atoms with Crippen molar-refractivity contribution >= 4 is 20.9 Å². The Morgan fingerprint density at radius 3 is 2.68 bits per heavy atom. The Labute approximate surface area is 164 Å². The van der Waals surface area contributed by atoms with Gasteiger partial charge in [-0.05, 0) is 30.4 Å². The number of para-hydroxylation sites is 1. The van der Waals surface area contributed by atoms with Crippen LogP contribution in [-0.4, -0.2) is 45.6 Å². The van der Waals surface area contributed by atoms with Crippen LogP contribution in [0.5, 0.6) is 0 Å². The average molecular weight is 398 g/mol. The lowest BCUT2D eigenvalue weighted by molar-refractivity contribution is 0.274. The fourth-order valence-electron chi connectivity index (χ4n) is 5.08. The number of hydrogen-bond acceptors (Lipinski definition) is 5. The number of benzene rings is 1. The van der Waals surface area contributed by atoms with Crippen molar-refractivity contribution in [1.29, 1.82) is 0 Å². The van der Waals surface area contributed by atoms with E-state index < -0.39 is 10.0 Å². The van der Waals surface area contributed by atoms with Crippen LogP contribution >= 0.6 is 0 Å². The van der Waals surface area contributed by atoms with Crippen molar-refractivity contribution in [2.24, 2.45) is 12.5 Å². The molecule has 1 aliphatic heterocycles. The zero-order valence-corrected chi connectivity index (χ0v) is 16.6. The molecule has 0 N–H and O–H groups in total. The molecule has 0 radical (unpaired) electrons. The van der Waals surface area contributed by atoms with E-state index in [1.165, 1.54) is 0 Å². The summed E-state index contributed by atoms with van der Waals surface area (Å²) in [6.07, 6.45) is 7.68. The summed E-state index contributed by atoms with van der Waals surface area (Å²) in [7, 11) is -1.72. The van der Waals surface area contributed by atoms with Crippen LogP contribution in [0.1, 0.15) is 37.4 Å². The highest BCUT2D eigenvalue weighted by molar-refractivity contribution is 7.89. The molecular weight excluding hydrogens is 374 g/mol. The van der Waals surface area contributed by atoms with Crippen molar-refractivity contribution in [1.82, 2.24) is 24.1 Å². The van der Waals surface area contributed by atoms with Crippen LogP contribution in [0.15, 0.2) is 47.8 Å². The number of sulfonamides is 1. The number of nitrogens with zero attached hydrogens (tertiary/aromatic N) is 5. The van der Waals surface area contributed by atoms with Crippen molar-refractivity contribution in [3.05, 3.63) is 48.7 Å². The van der Waals surface area contributed by atoms with E-state index in [0.29, 0.717) is 18.6 Å². The summed E-state index contributed by atoms with van der Waals surface area (Å²) in [6, 6.07) is 9.07. The molecular formula is C20H23N5O2S. The lowest BCUT2D eigenvalue weighted by Crippen LogP contribution is -2.31. The normalized spacial score (nSPS) is 22.4. The molecule has 28 heavy (non-hydrogen) atoms. The van der Waals surface area contributed by atoms with E-state index in [1.807, 2.05) is 29.8 Å². The van der Waals surface area contributed by atoms with Gasteiger partial charge in [-0.15, -0.1) is 10.2 Å². The maximum absolute atomic E-state index is 13.6. The molecule has 0 amide bonds. The summed E-state index contributed by atoms with van der Waals surface area (Å²) < 4.78 is 30.8. The van der Waals surface area contributed by atoms with E-state index in [-0.39, 0.29) is 16.2 Å². The van der Waals surface area contributed by atoms with Gasteiger partial charge in [-0.3, -0.25) is 4.98 Å². The molecule has 1 aromatic carbocycles. The number of aromatic nitrogens is 4. The van der Waals surface area contributed by atoms with E-state index in [0.717, 1.165) is 36.9 Å². The Bertz CT molecular complexity index is 1130. The van der Waals surface area contributed by atoms with Crippen LogP contribution in [-0.2, 0) is 17.1 Å². The van der Waals surface area contributed by atoms with Gasteiger partial charge in [0.1, 0.15) is 17.0 Å². The molecule has 3 heterocycles. The van der Waals surface area contributed by atoms with Crippen molar-refractivity contribution < 1.29 is 8.42 Å². The number of hydrogen-bond donors (Lipinski definition) is 0. The van der Waals surface area contributed by atoms with Gasteiger partial charge in [0.2, 0.25) is 10.0 Å². The van der Waals surface area contributed by atoms with Gasteiger partial charge in [-0.2, -0.15) is 4.31 Å². The van der Waals surface area contributed by atoms with Gasteiger partial charge < -0.3 is 4.57 Å². The minimum absolute atomic E-state index is 0.0497. The first-order valence-electron chi connectivity index (χ1n) is 9.69. The largest absolute Gasteiger partial charge is 0.320 e. The number of fused-ring (bicyclic) bond motifs is 1. The molecule has 2 aromatic heterocycles. The van der Waals surface area contributed by atoms with Gasteiger partial charge in [0, 0.05) is 37.6 Å². The van der Waals surface area contributed by atoms with Crippen molar-refractivity contribution in [3.63, 3.8) is 0 Å². The van der Waals surface area contributed by atoms with Crippen molar-refractivity contribution in [3.8, 4) is 0 Å². The second kappa shape index (κ2) is 6.35. The zero-order valence-electron chi connectivity index (χ0n) is 15.8.